The molecule has 0 radical (unpaired) electrons. The van der Waals surface area contributed by atoms with E-state index < -0.39 is 112 Å². The lowest BCUT2D eigenvalue weighted by molar-refractivity contribution is -0.502. The molecule has 0 aromatic heterocycles. The molecule has 17 heteroatoms. The number of aliphatic hydroxyl groups is 10. The van der Waals surface area contributed by atoms with Gasteiger partial charge in [-0.25, -0.2) is 0 Å². The molecule has 1 unspecified atom stereocenters. The van der Waals surface area contributed by atoms with Crippen LogP contribution in [0.5, 0.6) is 0 Å². The summed E-state index contributed by atoms with van der Waals surface area (Å²) < 4.78 is 26.8. The van der Waals surface area contributed by atoms with Gasteiger partial charge in [-0.15, -0.1) is 0 Å². The maximum atomic E-state index is 10.8. The lowest BCUT2D eigenvalue weighted by Gasteiger charge is -2.47. The SMILES string of the molecule is [Cl-].[NH3+][C@H]1C(O)O[C@H](CO)[C@@H](O[C@H]2O[C@H](CO)[C@H](O)[C@H](O[C@H]3O[C@H](CO)[C@H](O)[C@H](O)[C@H]3O)[C@H]2O)[C@@H]1O. The van der Waals surface area contributed by atoms with Crippen LogP contribution in [0.15, 0.2) is 0 Å². The zero-order valence-corrected chi connectivity index (χ0v) is 19.1. The Kier molecular flexibility index (Phi) is 11.4. The number of hydrogen-bond acceptors (Lipinski definition) is 15. The van der Waals surface area contributed by atoms with Gasteiger partial charge in [-0.2, -0.15) is 0 Å². The summed E-state index contributed by atoms with van der Waals surface area (Å²) in [6.07, 6.45) is -22.2. The molecule has 3 aliphatic rings. The Morgan fingerprint density at radius 2 is 1.03 bits per heavy atom. The maximum absolute atomic E-state index is 10.8. The van der Waals surface area contributed by atoms with Gasteiger partial charge in [0.1, 0.15) is 67.1 Å². The molecule has 16 nitrogen and oxygen atoms in total. The molecule has 0 aliphatic carbocycles. The fourth-order valence-electron chi connectivity index (χ4n) is 4.12. The second-order valence-corrected chi connectivity index (χ2v) is 8.51. The van der Waals surface area contributed by atoms with Crippen molar-refractivity contribution in [3.05, 3.63) is 0 Å². The summed E-state index contributed by atoms with van der Waals surface area (Å²) >= 11 is 0. The lowest BCUT2D eigenvalue weighted by atomic mass is 9.95. The Hall–Kier alpha value is -0.350. The van der Waals surface area contributed by atoms with Gasteiger partial charge < -0.3 is 92.9 Å². The van der Waals surface area contributed by atoms with E-state index in [-0.39, 0.29) is 12.4 Å². The van der Waals surface area contributed by atoms with E-state index in [1.807, 2.05) is 0 Å². The van der Waals surface area contributed by atoms with Crippen LogP contribution in [0.4, 0.5) is 0 Å². The summed E-state index contributed by atoms with van der Waals surface area (Å²) in [6, 6.07) is -1.09. The van der Waals surface area contributed by atoms with Crippen LogP contribution in [0.3, 0.4) is 0 Å². The van der Waals surface area contributed by atoms with Crippen LogP contribution in [-0.4, -0.2) is 163 Å². The third-order valence-electron chi connectivity index (χ3n) is 6.25. The molecule has 3 heterocycles. The quantitative estimate of drug-likeness (QED) is 0.143. The first kappa shape index (κ1) is 30.9. The largest absolute Gasteiger partial charge is 1.00 e. The average molecular weight is 540 g/mol. The molecule has 0 aromatic carbocycles. The smallest absolute Gasteiger partial charge is 0.211 e. The molecule has 3 saturated heterocycles. The summed E-state index contributed by atoms with van der Waals surface area (Å²) in [6.45, 7) is -2.20. The summed E-state index contributed by atoms with van der Waals surface area (Å²) in [5.41, 5.74) is 3.56. The van der Waals surface area contributed by atoms with Crippen molar-refractivity contribution in [1.29, 1.82) is 0 Å². The molecule has 13 N–H and O–H groups in total. The third kappa shape index (κ3) is 6.21. The standard InChI is InChI=1S/C18H33NO15.ClH/c19-7-10(25)14(6(3-22)30-16(7)29)33-18-13(28)15(9(24)5(2-21)32-18)34-17-12(27)11(26)8(23)4(1-20)31-17;/h4-18,20-29H,1-3,19H2;1H/t4-,5-,6-,7-,8+,9+,10-,11+,12-,13-,14-,15+,16?,17-,18-;/m1./s1. The molecule has 3 rings (SSSR count). The summed E-state index contributed by atoms with van der Waals surface area (Å²) in [7, 11) is 0. The second-order valence-electron chi connectivity index (χ2n) is 8.51. The van der Waals surface area contributed by atoms with Crippen LogP contribution in [0.2, 0.25) is 0 Å². The van der Waals surface area contributed by atoms with Gasteiger partial charge in [-0.1, -0.05) is 0 Å². The van der Waals surface area contributed by atoms with E-state index in [4.69, 9.17) is 23.7 Å². The van der Waals surface area contributed by atoms with E-state index in [0.29, 0.717) is 0 Å². The highest BCUT2D eigenvalue weighted by Crippen LogP contribution is 2.31. The van der Waals surface area contributed by atoms with E-state index in [1.54, 1.807) is 0 Å². The highest BCUT2D eigenvalue weighted by molar-refractivity contribution is 4.96. The van der Waals surface area contributed by atoms with E-state index in [2.05, 4.69) is 5.73 Å². The topological polar surface area (TPSA) is 276 Å². The first-order valence-electron chi connectivity index (χ1n) is 10.7. The van der Waals surface area contributed by atoms with Crippen molar-refractivity contribution in [3.63, 3.8) is 0 Å². The van der Waals surface area contributed by atoms with Crippen molar-refractivity contribution in [1.82, 2.24) is 0 Å². The zero-order valence-electron chi connectivity index (χ0n) is 18.4. The fraction of sp³-hybridized carbons (Fsp3) is 1.00. The molecule has 0 amide bonds. The second kappa shape index (κ2) is 12.9. The van der Waals surface area contributed by atoms with Crippen LogP contribution >= 0.6 is 0 Å². The summed E-state index contributed by atoms with van der Waals surface area (Å²) in [5, 5.41) is 100. The fourth-order valence-corrected chi connectivity index (χ4v) is 4.12. The van der Waals surface area contributed by atoms with Gasteiger partial charge in [-0.05, 0) is 0 Å². The molecule has 3 fully saturated rings. The Bertz CT molecular complexity index is 649. The van der Waals surface area contributed by atoms with E-state index >= 15 is 0 Å². The first-order chi connectivity index (χ1) is 16.0. The molecule has 0 bridgehead atoms. The average Bonchev–Trinajstić information content (AvgIpc) is 2.83. The van der Waals surface area contributed by atoms with Gasteiger partial charge in [0, 0.05) is 0 Å². The normalized spacial score (nSPS) is 51.0. The van der Waals surface area contributed by atoms with Crippen molar-refractivity contribution in [2.24, 2.45) is 0 Å². The summed E-state index contributed by atoms with van der Waals surface area (Å²) in [5.74, 6) is 0. The molecule has 3 aliphatic heterocycles. The van der Waals surface area contributed by atoms with Crippen molar-refractivity contribution < 1.29 is 92.9 Å². The Morgan fingerprint density at radius 3 is 1.57 bits per heavy atom. The minimum atomic E-state index is -1.84. The van der Waals surface area contributed by atoms with Gasteiger partial charge in [0.2, 0.25) is 6.29 Å². The maximum Gasteiger partial charge on any atom is 0.211 e. The Labute approximate surface area is 205 Å². The number of rotatable bonds is 7. The monoisotopic (exact) mass is 539 g/mol. The molecule has 15 atom stereocenters. The number of hydrogen-bond donors (Lipinski definition) is 11. The van der Waals surface area contributed by atoms with Crippen LogP contribution in [0.25, 0.3) is 0 Å². The Balaban J connectivity index is 0.00000432. The van der Waals surface area contributed by atoms with Crippen molar-refractivity contribution in [3.8, 4) is 0 Å². The molecular weight excluding hydrogens is 506 g/mol. The predicted octanol–water partition coefficient (Wildman–Crippen LogP) is -11.3. The van der Waals surface area contributed by atoms with Crippen LogP contribution in [0.1, 0.15) is 0 Å². The van der Waals surface area contributed by atoms with Crippen molar-refractivity contribution in [2.45, 2.75) is 92.1 Å². The minimum Gasteiger partial charge on any atom is -1.00 e. The Morgan fingerprint density at radius 1 is 0.543 bits per heavy atom. The van der Waals surface area contributed by atoms with E-state index in [1.165, 1.54) is 0 Å². The van der Waals surface area contributed by atoms with Gasteiger partial charge in [0.15, 0.2) is 18.6 Å². The van der Waals surface area contributed by atoms with Crippen LogP contribution < -0.4 is 18.1 Å². The number of quaternary nitrogens is 1. The predicted molar refractivity (Wildman–Crippen MR) is 102 cm³/mol. The third-order valence-corrected chi connectivity index (χ3v) is 6.25. The number of halogens is 1. The van der Waals surface area contributed by atoms with Crippen LogP contribution in [-0.2, 0) is 23.7 Å². The van der Waals surface area contributed by atoms with Gasteiger partial charge in [-0.3, -0.25) is 0 Å². The lowest BCUT2D eigenvalue weighted by Crippen LogP contribution is -3.00. The van der Waals surface area contributed by atoms with E-state index in [0.717, 1.165) is 0 Å². The molecule has 208 valence electrons. The summed E-state index contributed by atoms with van der Waals surface area (Å²) in [4.78, 5) is 0. The molecule has 0 spiro atoms. The molecule has 0 aromatic rings. The highest BCUT2D eigenvalue weighted by atomic mass is 35.5. The molecule has 0 saturated carbocycles. The zero-order chi connectivity index (χ0) is 25.3. The first-order valence-corrected chi connectivity index (χ1v) is 10.7. The van der Waals surface area contributed by atoms with Crippen molar-refractivity contribution >= 4 is 0 Å². The molecular formula is C18H34ClNO15. The molecule has 35 heavy (non-hydrogen) atoms. The number of aliphatic hydroxyl groups excluding tert-OH is 10. The number of ether oxygens (including phenoxy) is 5. The van der Waals surface area contributed by atoms with Crippen molar-refractivity contribution in [2.75, 3.05) is 19.8 Å². The van der Waals surface area contributed by atoms with Gasteiger partial charge in [0.05, 0.1) is 19.8 Å². The van der Waals surface area contributed by atoms with Gasteiger partial charge >= 0.3 is 0 Å². The highest BCUT2D eigenvalue weighted by Gasteiger charge is 2.53. The minimum absolute atomic E-state index is 0. The van der Waals surface area contributed by atoms with Gasteiger partial charge in [0.25, 0.3) is 0 Å². The van der Waals surface area contributed by atoms with Crippen LogP contribution in [0, 0.1) is 0 Å². The van der Waals surface area contributed by atoms with E-state index in [9.17, 15) is 51.1 Å².